The lowest BCUT2D eigenvalue weighted by Crippen LogP contribution is -2.77. The van der Waals surface area contributed by atoms with Gasteiger partial charge in [0, 0.05) is 44.7 Å². The first-order valence-corrected chi connectivity index (χ1v) is 13.4. The number of ketones is 4. The zero-order chi connectivity index (χ0) is 31.9. The average molecular weight is 595 g/mol. The Morgan fingerprint density at radius 1 is 0.953 bits per heavy atom. The Morgan fingerprint density at radius 2 is 1.51 bits per heavy atom. The number of ether oxygens (including phenoxy) is 3. The number of allylic oxidation sites excluding steroid dienone is 7. The summed E-state index contributed by atoms with van der Waals surface area (Å²) in [5, 5.41) is 23.3. The van der Waals surface area contributed by atoms with E-state index in [1.807, 2.05) is 0 Å². The third-order valence-corrected chi connectivity index (χ3v) is 8.75. The lowest BCUT2D eigenvalue weighted by Gasteiger charge is -2.58. The molecule has 0 aromatic rings. The zero-order valence-corrected chi connectivity index (χ0v) is 24.6. The Balaban J connectivity index is 1.79. The van der Waals surface area contributed by atoms with Crippen LogP contribution in [0.3, 0.4) is 0 Å². The summed E-state index contributed by atoms with van der Waals surface area (Å²) in [4.78, 5) is 83.4. The van der Waals surface area contributed by atoms with E-state index in [9.17, 15) is 39.0 Å². The Hall–Kier alpha value is -4.46. The molecule has 5 aliphatic rings. The van der Waals surface area contributed by atoms with Crippen LogP contribution in [-0.2, 0) is 43.0 Å². The maximum Gasteiger partial charge on any atom is 0.333 e. The number of nitrogens with zero attached hydrogens (tertiary/aromatic N) is 2. The molecule has 2 bridgehead atoms. The number of carbonyl (C=O) groups is 6. The van der Waals surface area contributed by atoms with Crippen molar-refractivity contribution in [3.8, 4) is 0 Å². The van der Waals surface area contributed by atoms with E-state index in [-0.39, 0.29) is 50.7 Å². The number of aliphatic hydroxyl groups is 2. The van der Waals surface area contributed by atoms with Crippen molar-refractivity contribution in [3.05, 3.63) is 68.4 Å². The van der Waals surface area contributed by atoms with Gasteiger partial charge in [-0.2, -0.15) is 0 Å². The van der Waals surface area contributed by atoms with Crippen LogP contribution in [0.4, 0.5) is 0 Å². The molecule has 13 nitrogen and oxygen atoms in total. The summed E-state index contributed by atoms with van der Waals surface area (Å²) in [6.07, 6.45) is 0.556. The van der Waals surface area contributed by atoms with Gasteiger partial charge in [0.15, 0.2) is 23.1 Å². The van der Waals surface area contributed by atoms with Crippen LogP contribution in [0.25, 0.3) is 0 Å². The number of methoxy groups -OCH3 is 2. The normalized spacial score (nSPS) is 29.6. The lowest BCUT2D eigenvalue weighted by atomic mass is 9.70. The number of likely N-dealkylation sites (N-methyl/N-ethyl adjacent to an activating group) is 1. The van der Waals surface area contributed by atoms with Crippen LogP contribution >= 0.6 is 0 Å². The van der Waals surface area contributed by atoms with Crippen LogP contribution in [0.5, 0.6) is 0 Å². The third kappa shape index (κ3) is 3.74. The molecule has 226 valence electrons. The summed E-state index contributed by atoms with van der Waals surface area (Å²) in [5.41, 5.74) is -3.84. The quantitative estimate of drug-likeness (QED) is 0.242. The summed E-state index contributed by atoms with van der Waals surface area (Å²) in [5.74, 6) is -5.41. The smallest absolute Gasteiger partial charge is 0.333 e. The molecule has 13 heteroatoms. The minimum absolute atomic E-state index is 0.00725. The van der Waals surface area contributed by atoms with Crippen LogP contribution in [0.2, 0.25) is 0 Å². The van der Waals surface area contributed by atoms with Crippen LogP contribution < -0.4 is 0 Å². The van der Waals surface area contributed by atoms with E-state index in [2.05, 4.69) is 0 Å². The first-order valence-electron chi connectivity index (χ1n) is 13.4. The maximum atomic E-state index is 14.3. The first-order chi connectivity index (χ1) is 20.2. The fraction of sp³-hybridized carbons (Fsp3) is 0.400. The van der Waals surface area contributed by atoms with Gasteiger partial charge in [-0.15, -0.1) is 0 Å². The van der Waals surface area contributed by atoms with Crippen molar-refractivity contribution in [2.45, 2.75) is 51.6 Å². The molecule has 1 saturated heterocycles. The number of esters is 1. The Kier molecular flexibility index (Phi) is 7.03. The minimum atomic E-state index is -2.79. The zero-order valence-electron chi connectivity index (χ0n) is 24.6. The number of fused-ring (bicyclic) bond motifs is 5. The number of aliphatic hydroxyl groups excluding tert-OH is 1. The Labute approximate surface area is 246 Å². The SMILES string of the molecule is C/C=C(/C)C(=O)OC[C@H]1C2=C(C=C3C4C5=C(C(=O)C(C)=C(OC)C5=O)[C@H](O)[C@@](O)(C(=O)N31)N4C)C(=O)C(C)=C(OC)C2=O. The highest BCUT2D eigenvalue weighted by Crippen LogP contribution is 2.50. The standard InChI is InChI=1S/C30H30N2O11/c1-8-11(2)28(38)43-10-16-17-14(21(33)12(3)25(41-6)23(17)35)9-15-20-18-19(22(34)13(4)26(42-7)24(18)36)27(37)30(40,31(20)5)29(39)32(15)16/h8-9,16,20,27,37,40H,10H2,1-7H3/b11-8-/t16-,20?,27-,30+/m0/s1. The molecular weight excluding hydrogens is 564 g/mol. The second kappa shape index (κ2) is 10.1. The maximum absolute atomic E-state index is 14.3. The molecule has 1 amide bonds. The molecule has 5 rings (SSSR count). The molecule has 2 aliphatic carbocycles. The number of Topliss-reactive ketones (excluding diaryl/α,β-unsaturated/α-hetero) is 4. The fourth-order valence-corrected chi connectivity index (χ4v) is 6.31. The van der Waals surface area contributed by atoms with Gasteiger partial charge in [0.25, 0.3) is 5.91 Å². The van der Waals surface area contributed by atoms with Gasteiger partial charge in [-0.3, -0.25) is 33.8 Å². The van der Waals surface area contributed by atoms with E-state index in [0.717, 1.165) is 9.80 Å². The fourth-order valence-electron chi connectivity index (χ4n) is 6.31. The van der Waals surface area contributed by atoms with Gasteiger partial charge in [-0.1, -0.05) is 6.08 Å². The highest BCUT2D eigenvalue weighted by Gasteiger charge is 2.67. The number of amides is 1. The van der Waals surface area contributed by atoms with Gasteiger partial charge < -0.3 is 24.4 Å². The summed E-state index contributed by atoms with van der Waals surface area (Å²) >= 11 is 0. The molecule has 0 aromatic carbocycles. The Morgan fingerprint density at radius 3 is 2.07 bits per heavy atom. The predicted octanol–water partition coefficient (Wildman–Crippen LogP) is -0.295. The average Bonchev–Trinajstić information content (AvgIpc) is 2.98. The second-order valence-corrected chi connectivity index (χ2v) is 10.8. The molecule has 1 fully saturated rings. The Bertz CT molecular complexity index is 1650. The highest BCUT2D eigenvalue weighted by molar-refractivity contribution is 6.28. The van der Waals surface area contributed by atoms with Crippen LogP contribution in [-0.4, -0.2) is 107 Å². The summed E-state index contributed by atoms with van der Waals surface area (Å²) in [6, 6.07) is -2.84. The molecule has 0 radical (unpaired) electrons. The minimum Gasteiger partial charge on any atom is -0.492 e. The van der Waals surface area contributed by atoms with Gasteiger partial charge in [0.05, 0.1) is 20.3 Å². The monoisotopic (exact) mass is 594 g/mol. The van der Waals surface area contributed by atoms with Gasteiger partial charge >= 0.3 is 5.97 Å². The number of piperazine rings is 1. The third-order valence-electron chi connectivity index (χ3n) is 8.75. The van der Waals surface area contributed by atoms with E-state index in [4.69, 9.17) is 14.2 Å². The second-order valence-electron chi connectivity index (χ2n) is 10.8. The van der Waals surface area contributed by atoms with E-state index < -0.39 is 71.1 Å². The number of hydrogen-bond donors (Lipinski definition) is 2. The molecule has 0 aromatic heterocycles. The van der Waals surface area contributed by atoms with E-state index in [1.165, 1.54) is 54.2 Å². The van der Waals surface area contributed by atoms with Crippen molar-refractivity contribution >= 4 is 35.0 Å². The highest BCUT2D eigenvalue weighted by atomic mass is 16.5. The van der Waals surface area contributed by atoms with Crippen molar-refractivity contribution in [1.82, 2.24) is 9.80 Å². The molecule has 0 spiro atoms. The van der Waals surface area contributed by atoms with Crippen LogP contribution in [0.1, 0.15) is 27.7 Å². The molecule has 2 N–H and O–H groups in total. The van der Waals surface area contributed by atoms with Crippen molar-refractivity contribution < 1.29 is 53.2 Å². The largest absolute Gasteiger partial charge is 0.492 e. The summed E-state index contributed by atoms with van der Waals surface area (Å²) in [6.45, 7) is 5.20. The molecule has 1 unspecified atom stereocenters. The van der Waals surface area contributed by atoms with Gasteiger partial charge in [0.1, 0.15) is 18.8 Å². The van der Waals surface area contributed by atoms with Crippen molar-refractivity contribution in [2.24, 2.45) is 0 Å². The molecular formula is C30H30N2O11. The van der Waals surface area contributed by atoms with Gasteiger partial charge in [-0.05, 0) is 40.8 Å². The lowest BCUT2D eigenvalue weighted by molar-refractivity contribution is -0.212. The van der Waals surface area contributed by atoms with Gasteiger partial charge in [0.2, 0.25) is 17.3 Å². The van der Waals surface area contributed by atoms with E-state index in [0.29, 0.717) is 0 Å². The van der Waals surface area contributed by atoms with E-state index >= 15 is 0 Å². The topological polar surface area (TPSA) is 177 Å². The van der Waals surface area contributed by atoms with Crippen molar-refractivity contribution in [2.75, 3.05) is 27.9 Å². The van der Waals surface area contributed by atoms with Gasteiger partial charge in [-0.25, -0.2) is 4.79 Å². The molecule has 3 aliphatic heterocycles. The number of carbonyl (C=O) groups excluding carboxylic acids is 6. The molecule has 4 atom stereocenters. The van der Waals surface area contributed by atoms with Crippen molar-refractivity contribution in [1.29, 1.82) is 0 Å². The van der Waals surface area contributed by atoms with E-state index in [1.54, 1.807) is 6.92 Å². The number of rotatable bonds is 5. The predicted molar refractivity (Wildman–Crippen MR) is 145 cm³/mol. The first kappa shape index (κ1) is 30.0. The molecule has 43 heavy (non-hydrogen) atoms. The summed E-state index contributed by atoms with van der Waals surface area (Å²) in [7, 11) is 3.69. The van der Waals surface area contributed by atoms with Crippen LogP contribution in [0.15, 0.2) is 68.4 Å². The molecule has 3 heterocycles. The van der Waals surface area contributed by atoms with Crippen LogP contribution in [0, 0.1) is 0 Å². The van der Waals surface area contributed by atoms with Crippen molar-refractivity contribution in [3.63, 3.8) is 0 Å². The molecule has 0 saturated carbocycles. The summed E-state index contributed by atoms with van der Waals surface area (Å²) < 4.78 is 15.9. The number of hydrogen-bond acceptors (Lipinski definition) is 12.